The first-order valence-electron chi connectivity index (χ1n) is 7.74. The van der Waals surface area contributed by atoms with Crippen LogP contribution in [0.4, 0.5) is 5.69 Å². The summed E-state index contributed by atoms with van der Waals surface area (Å²) in [7, 11) is 0. The largest absolute Gasteiger partial charge is 0.366 e. The molecule has 0 atom stereocenters. The summed E-state index contributed by atoms with van der Waals surface area (Å²) in [5, 5.41) is 17.8. The van der Waals surface area contributed by atoms with Crippen molar-refractivity contribution in [1.82, 2.24) is 10.3 Å². The van der Waals surface area contributed by atoms with E-state index in [-0.39, 0.29) is 16.8 Å². The highest BCUT2D eigenvalue weighted by molar-refractivity contribution is 7.09. The second-order valence-corrected chi connectivity index (χ2v) is 6.84. The van der Waals surface area contributed by atoms with Gasteiger partial charge in [-0.15, -0.1) is 11.3 Å². The van der Waals surface area contributed by atoms with Gasteiger partial charge in [0.2, 0.25) is 5.91 Å². The van der Waals surface area contributed by atoms with Crippen LogP contribution in [0.15, 0.2) is 29.8 Å². The second kappa shape index (κ2) is 6.66. The number of amides is 1. The van der Waals surface area contributed by atoms with E-state index in [1.54, 1.807) is 23.6 Å². The molecule has 0 radical (unpaired) electrons. The quantitative estimate of drug-likeness (QED) is 0.617. The van der Waals surface area contributed by atoms with Gasteiger partial charge in [0.1, 0.15) is 5.01 Å². The number of hydrogen-bond donors (Lipinski definition) is 2. The van der Waals surface area contributed by atoms with Gasteiger partial charge in [-0.25, -0.2) is 4.98 Å². The van der Waals surface area contributed by atoms with E-state index in [0.717, 1.165) is 30.7 Å². The minimum atomic E-state index is -0.673. The molecule has 1 aromatic heterocycles. The molecule has 2 aromatic rings. The van der Waals surface area contributed by atoms with Crippen molar-refractivity contribution in [3.8, 4) is 0 Å². The minimum Gasteiger partial charge on any atom is -0.366 e. The van der Waals surface area contributed by atoms with E-state index in [9.17, 15) is 14.9 Å². The van der Waals surface area contributed by atoms with E-state index >= 15 is 0 Å². The Morgan fingerprint density at radius 3 is 2.75 bits per heavy atom. The molecule has 3 rings (SSSR count). The number of hydrogen-bond acceptors (Lipinski definition) is 6. The van der Waals surface area contributed by atoms with Crippen molar-refractivity contribution in [1.29, 1.82) is 0 Å². The molecule has 1 saturated carbocycles. The van der Waals surface area contributed by atoms with Crippen LogP contribution in [0.2, 0.25) is 0 Å². The zero-order valence-electron chi connectivity index (χ0n) is 13.0. The number of carbonyl (C=O) groups excluding carboxylic acids is 1. The van der Waals surface area contributed by atoms with Crippen molar-refractivity contribution < 1.29 is 9.72 Å². The number of benzene rings is 1. The molecule has 0 saturated heterocycles. The lowest BCUT2D eigenvalue weighted by Gasteiger charge is -2.28. The van der Waals surface area contributed by atoms with Gasteiger partial charge < -0.3 is 11.1 Å². The fourth-order valence-electron chi connectivity index (χ4n) is 3.21. The Bertz CT molecular complexity index is 755. The van der Waals surface area contributed by atoms with Gasteiger partial charge in [-0.3, -0.25) is 14.9 Å². The lowest BCUT2D eigenvalue weighted by molar-refractivity contribution is -0.385. The molecule has 0 spiro atoms. The highest BCUT2D eigenvalue weighted by atomic mass is 32.1. The smallest absolute Gasteiger partial charge is 0.274 e. The zero-order valence-corrected chi connectivity index (χ0v) is 13.8. The topological polar surface area (TPSA) is 111 Å². The number of thiazole rings is 1. The average Bonchev–Trinajstić information content (AvgIpc) is 3.24. The van der Waals surface area contributed by atoms with Crippen LogP contribution in [0.3, 0.4) is 0 Å². The maximum Gasteiger partial charge on any atom is 0.274 e. The molecule has 1 aromatic carbocycles. The fourth-order valence-corrected chi connectivity index (χ4v) is 4.08. The summed E-state index contributed by atoms with van der Waals surface area (Å²) in [5.41, 5.74) is 5.57. The van der Waals surface area contributed by atoms with Crippen LogP contribution in [-0.2, 0) is 12.1 Å². The van der Waals surface area contributed by atoms with Crippen LogP contribution in [0, 0.1) is 10.1 Å². The van der Waals surface area contributed by atoms with Crippen LogP contribution < -0.4 is 11.1 Å². The Labute approximate surface area is 143 Å². The average molecular weight is 346 g/mol. The molecule has 1 amide bonds. The number of rotatable bonds is 6. The maximum atomic E-state index is 11.3. The van der Waals surface area contributed by atoms with Crippen molar-refractivity contribution in [2.75, 3.05) is 0 Å². The fraction of sp³-hybridized carbons (Fsp3) is 0.375. The molecule has 1 fully saturated rings. The Morgan fingerprint density at radius 2 is 2.17 bits per heavy atom. The number of nitro groups is 1. The first kappa shape index (κ1) is 16.5. The molecule has 1 aliphatic rings. The van der Waals surface area contributed by atoms with Crippen LogP contribution >= 0.6 is 11.3 Å². The van der Waals surface area contributed by atoms with Crippen LogP contribution in [0.1, 0.15) is 46.6 Å². The van der Waals surface area contributed by atoms with Crippen molar-refractivity contribution in [2.45, 2.75) is 37.8 Å². The van der Waals surface area contributed by atoms with Crippen molar-refractivity contribution in [3.05, 3.63) is 56.0 Å². The number of carbonyl (C=O) groups is 1. The minimum absolute atomic E-state index is 0.0916. The van der Waals surface area contributed by atoms with Crippen LogP contribution in [-0.4, -0.2) is 15.8 Å². The first-order valence-corrected chi connectivity index (χ1v) is 8.62. The Balaban J connectivity index is 1.85. The molecule has 0 bridgehead atoms. The van der Waals surface area contributed by atoms with Gasteiger partial charge in [0.05, 0.1) is 10.5 Å². The summed E-state index contributed by atoms with van der Waals surface area (Å²) in [4.78, 5) is 26.5. The number of nitrogens with one attached hydrogen (secondary N) is 1. The lowest BCUT2D eigenvalue weighted by Crippen LogP contribution is -2.39. The number of aromatic nitrogens is 1. The number of nitro benzene ring substituents is 1. The second-order valence-electron chi connectivity index (χ2n) is 5.94. The van der Waals surface area contributed by atoms with Crippen LogP contribution in [0.25, 0.3) is 0 Å². The molecule has 0 aliphatic heterocycles. The third-order valence-corrected chi connectivity index (χ3v) is 5.46. The first-order chi connectivity index (χ1) is 11.5. The summed E-state index contributed by atoms with van der Waals surface area (Å²) >= 11 is 1.60. The van der Waals surface area contributed by atoms with Crippen molar-refractivity contribution in [3.63, 3.8) is 0 Å². The normalized spacial score (nSPS) is 16.2. The van der Waals surface area contributed by atoms with Gasteiger partial charge >= 0.3 is 0 Å². The van der Waals surface area contributed by atoms with E-state index in [1.807, 2.05) is 5.38 Å². The molecular weight excluding hydrogens is 328 g/mol. The van der Waals surface area contributed by atoms with Gasteiger partial charge in [0.25, 0.3) is 5.69 Å². The Kier molecular flexibility index (Phi) is 4.59. The summed E-state index contributed by atoms with van der Waals surface area (Å²) in [6.07, 6.45) is 5.93. The van der Waals surface area contributed by atoms with Gasteiger partial charge in [-0.1, -0.05) is 18.9 Å². The van der Waals surface area contributed by atoms with Gasteiger partial charge in [0.15, 0.2) is 0 Å². The van der Waals surface area contributed by atoms with E-state index in [2.05, 4.69) is 10.3 Å². The molecule has 3 N–H and O–H groups in total. The zero-order chi connectivity index (χ0) is 17.2. The van der Waals surface area contributed by atoms with E-state index in [0.29, 0.717) is 12.1 Å². The molecule has 1 heterocycles. The van der Waals surface area contributed by atoms with E-state index in [4.69, 9.17) is 5.73 Å². The Morgan fingerprint density at radius 1 is 1.42 bits per heavy atom. The summed E-state index contributed by atoms with van der Waals surface area (Å²) in [6.45, 7) is 0.342. The van der Waals surface area contributed by atoms with Gasteiger partial charge in [0, 0.05) is 35.3 Å². The summed E-state index contributed by atoms with van der Waals surface area (Å²) < 4.78 is 0. The molecule has 0 unspecified atom stereocenters. The highest BCUT2D eigenvalue weighted by Crippen LogP contribution is 2.40. The molecular formula is C16H18N4O3S. The SMILES string of the molecule is NC(=O)c1ccc(CNC2(c3nccs3)CCCC2)c([N+](=O)[O-])c1. The van der Waals surface area contributed by atoms with Gasteiger partial charge in [-0.05, 0) is 18.9 Å². The molecule has 126 valence electrons. The molecule has 24 heavy (non-hydrogen) atoms. The summed E-state index contributed by atoms with van der Waals surface area (Å²) in [5.74, 6) is -0.673. The summed E-state index contributed by atoms with van der Waals surface area (Å²) in [6, 6.07) is 4.36. The van der Waals surface area contributed by atoms with Crippen molar-refractivity contribution in [2.24, 2.45) is 5.73 Å². The predicted octanol–water partition coefficient (Wildman–Crippen LogP) is 2.71. The monoisotopic (exact) mass is 346 g/mol. The predicted molar refractivity (Wildman–Crippen MR) is 90.7 cm³/mol. The third-order valence-electron chi connectivity index (χ3n) is 4.48. The number of nitrogens with zero attached hydrogens (tertiary/aromatic N) is 2. The van der Waals surface area contributed by atoms with E-state index < -0.39 is 10.8 Å². The Hall–Kier alpha value is -2.32. The maximum absolute atomic E-state index is 11.3. The third kappa shape index (κ3) is 3.15. The standard InChI is InChI=1S/C16H18N4O3S/c17-14(21)11-3-4-12(13(9-11)20(22)23)10-19-16(5-1-2-6-16)15-18-7-8-24-15/h3-4,7-9,19H,1-2,5-6,10H2,(H2,17,21). The number of nitrogens with two attached hydrogens (primary N) is 1. The lowest BCUT2D eigenvalue weighted by atomic mass is 9.97. The highest BCUT2D eigenvalue weighted by Gasteiger charge is 2.37. The van der Waals surface area contributed by atoms with Crippen LogP contribution in [0.5, 0.6) is 0 Å². The van der Waals surface area contributed by atoms with Crippen molar-refractivity contribution >= 4 is 22.9 Å². The van der Waals surface area contributed by atoms with Gasteiger partial charge in [-0.2, -0.15) is 0 Å². The number of primary amides is 1. The molecule has 8 heteroatoms. The molecule has 7 nitrogen and oxygen atoms in total. The molecule has 1 aliphatic carbocycles. The van der Waals surface area contributed by atoms with E-state index in [1.165, 1.54) is 12.1 Å².